The van der Waals surface area contributed by atoms with Gasteiger partial charge in [0.15, 0.2) is 12.4 Å². The van der Waals surface area contributed by atoms with E-state index in [4.69, 9.17) is 9.47 Å². The summed E-state index contributed by atoms with van der Waals surface area (Å²) in [5, 5.41) is 0. The number of hydrogen-bond donors (Lipinski definition) is 0. The molecule has 1 aromatic rings. The summed E-state index contributed by atoms with van der Waals surface area (Å²) in [7, 11) is 0. The van der Waals surface area contributed by atoms with Crippen molar-refractivity contribution >= 4 is 17.7 Å². The van der Waals surface area contributed by atoms with Gasteiger partial charge < -0.3 is 9.47 Å². The lowest BCUT2D eigenvalue weighted by Gasteiger charge is -2.19. The van der Waals surface area contributed by atoms with Crippen LogP contribution in [0.3, 0.4) is 0 Å². The van der Waals surface area contributed by atoms with Crippen LogP contribution in [0.1, 0.15) is 60.9 Å². The number of ketones is 1. The minimum atomic E-state index is -0.736. The predicted octanol–water partition coefficient (Wildman–Crippen LogP) is 3.93. The Kier molecular flexibility index (Phi) is 8.06. The Morgan fingerprint density at radius 3 is 2.15 bits per heavy atom. The molecule has 1 aromatic carbocycles. The average Bonchev–Trinajstić information content (AvgIpc) is 2.60. The molecule has 1 saturated carbocycles. The van der Waals surface area contributed by atoms with Crippen LogP contribution in [0.25, 0.3) is 0 Å². The summed E-state index contributed by atoms with van der Waals surface area (Å²) in [5.41, 5.74) is 1.53. The highest BCUT2D eigenvalue weighted by molar-refractivity contribution is 5.99. The van der Waals surface area contributed by atoms with Crippen LogP contribution >= 0.6 is 0 Å². The van der Waals surface area contributed by atoms with Gasteiger partial charge in [0.05, 0.1) is 0 Å². The molecule has 0 radical (unpaired) electrons. The first-order chi connectivity index (χ1) is 12.5. The van der Waals surface area contributed by atoms with Gasteiger partial charge in [-0.05, 0) is 32.6 Å². The van der Waals surface area contributed by atoms with Gasteiger partial charge >= 0.3 is 11.9 Å². The summed E-state index contributed by atoms with van der Waals surface area (Å²) in [6, 6.07) is 7.02. The molecule has 0 unspecified atom stereocenters. The second-order valence-electron chi connectivity index (χ2n) is 6.63. The summed E-state index contributed by atoms with van der Waals surface area (Å²) in [6.07, 6.45) is 9.45. The zero-order valence-electron chi connectivity index (χ0n) is 15.2. The van der Waals surface area contributed by atoms with Crippen molar-refractivity contribution in [3.63, 3.8) is 0 Å². The van der Waals surface area contributed by atoms with E-state index in [9.17, 15) is 14.4 Å². The third kappa shape index (κ3) is 7.21. The molecular weight excluding hydrogens is 332 g/mol. The number of benzene rings is 1. The van der Waals surface area contributed by atoms with Gasteiger partial charge in [-0.1, -0.05) is 49.1 Å². The zero-order valence-corrected chi connectivity index (χ0v) is 15.2. The zero-order chi connectivity index (χ0) is 18.8. The molecule has 1 aliphatic rings. The SMILES string of the molecule is Cc1ccc(C(=O)COC(=O)/C=C/C(=O)OC2CCCCCCC2)cc1. The summed E-state index contributed by atoms with van der Waals surface area (Å²) in [5.74, 6) is -1.57. The molecule has 140 valence electrons. The Labute approximate surface area is 154 Å². The van der Waals surface area contributed by atoms with E-state index in [-0.39, 0.29) is 18.5 Å². The molecule has 1 aliphatic carbocycles. The van der Waals surface area contributed by atoms with Crippen molar-refractivity contribution in [2.24, 2.45) is 0 Å². The summed E-state index contributed by atoms with van der Waals surface area (Å²) >= 11 is 0. The Morgan fingerprint density at radius 2 is 1.50 bits per heavy atom. The van der Waals surface area contributed by atoms with Crippen molar-refractivity contribution < 1.29 is 23.9 Å². The Bertz CT molecular complexity index is 637. The molecule has 0 aromatic heterocycles. The molecule has 0 N–H and O–H groups in total. The van der Waals surface area contributed by atoms with Gasteiger partial charge in [-0.3, -0.25) is 4.79 Å². The van der Waals surface area contributed by atoms with Crippen LogP contribution in [0.5, 0.6) is 0 Å². The highest BCUT2D eigenvalue weighted by Gasteiger charge is 2.15. The number of ether oxygens (including phenoxy) is 2. The summed E-state index contributed by atoms with van der Waals surface area (Å²) in [4.78, 5) is 35.4. The molecule has 5 heteroatoms. The molecule has 1 fully saturated rings. The number of rotatable bonds is 6. The quantitative estimate of drug-likeness (QED) is 0.438. The van der Waals surface area contributed by atoms with E-state index >= 15 is 0 Å². The minimum Gasteiger partial charge on any atom is -0.459 e. The van der Waals surface area contributed by atoms with Crippen LogP contribution in [-0.4, -0.2) is 30.4 Å². The molecule has 0 aliphatic heterocycles. The molecule has 0 heterocycles. The summed E-state index contributed by atoms with van der Waals surface area (Å²) in [6.45, 7) is 1.57. The van der Waals surface area contributed by atoms with Crippen molar-refractivity contribution in [1.82, 2.24) is 0 Å². The van der Waals surface area contributed by atoms with Gasteiger partial charge in [-0.25, -0.2) is 9.59 Å². The van der Waals surface area contributed by atoms with Crippen LogP contribution in [0.2, 0.25) is 0 Å². The van der Waals surface area contributed by atoms with Crippen molar-refractivity contribution in [1.29, 1.82) is 0 Å². The van der Waals surface area contributed by atoms with Crippen LogP contribution in [0.4, 0.5) is 0 Å². The Morgan fingerprint density at radius 1 is 0.923 bits per heavy atom. The first-order valence-electron chi connectivity index (χ1n) is 9.20. The molecule has 5 nitrogen and oxygen atoms in total. The first kappa shape index (κ1) is 19.9. The lowest BCUT2D eigenvalue weighted by atomic mass is 9.99. The highest BCUT2D eigenvalue weighted by Crippen LogP contribution is 2.19. The van der Waals surface area contributed by atoms with E-state index < -0.39 is 11.9 Å². The third-order valence-corrected chi connectivity index (χ3v) is 4.41. The number of esters is 2. The van der Waals surface area contributed by atoms with Gasteiger partial charge in [0, 0.05) is 17.7 Å². The molecule has 0 atom stereocenters. The lowest BCUT2D eigenvalue weighted by Crippen LogP contribution is -2.18. The maximum absolute atomic E-state index is 11.9. The normalized spacial score (nSPS) is 15.9. The number of aryl methyl sites for hydroxylation is 1. The van der Waals surface area contributed by atoms with Gasteiger partial charge in [0.25, 0.3) is 0 Å². The highest BCUT2D eigenvalue weighted by atomic mass is 16.5. The molecule has 0 amide bonds. The van der Waals surface area contributed by atoms with E-state index in [0.29, 0.717) is 5.56 Å². The number of carbonyl (C=O) groups is 3. The second kappa shape index (κ2) is 10.5. The van der Waals surface area contributed by atoms with Crippen molar-refractivity contribution in [2.45, 2.75) is 58.0 Å². The van der Waals surface area contributed by atoms with Gasteiger partial charge in [-0.15, -0.1) is 0 Å². The van der Waals surface area contributed by atoms with E-state index in [1.807, 2.05) is 19.1 Å². The standard InChI is InChI=1S/C21H26O5/c1-16-9-11-17(12-10-16)19(22)15-25-20(23)13-14-21(24)26-18-7-5-3-2-4-6-8-18/h9-14,18H,2-8,15H2,1H3/b14-13+. The average molecular weight is 358 g/mol. The van der Waals surface area contributed by atoms with E-state index in [1.165, 1.54) is 19.3 Å². The lowest BCUT2D eigenvalue weighted by molar-refractivity contribution is -0.144. The van der Waals surface area contributed by atoms with Crippen LogP contribution < -0.4 is 0 Å². The Balaban J connectivity index is 1.72. The topological polar surface area (TPSA) is 69.7 Å². The fourth-order valence-corrected chi connectivity index (χ4v) is 2.88. The molecule has 26 heavy (non-hydrogen) atoms. The largest absolute Gasteiger partial charge is 0.459 e. The molecule has 2 rings (SSSR count). The van der Waals surface area contributed by atoms with E-state index in [2.05, 4.69) is 0 Å². The molecule has 0 spiro atoms. The minimum absolute atomic E-state index is 0.0772. The Hall–Kier alpha value is -2.43. The maximum atomic E-state index is 11.9. The third-order valence-electron chi connectivity index (χ3n) is 4.41. The molecular formula is C21H26O5. The predicted molar refractivity (Wildman–Crippen MR) is 97.8 cm³/mol. The van der Waals surface area contributed by atoms with Crippen LogP contribution in [-0.2, 0) is 19.1 Å². The van der Waals surface area contributed by atoms with Crippen molar-refractivity contribution in [3.8, 4) is 0 Å². The first-order valence-corrected chi connectivity index (χ1v) is 9.20. The summed E-state index contributed by atoms with van der Waals surface area (Å²) < 4.78 is 10.3. The number of hydrogen-bond acceptors (Lipinski definition) is 5. The molecule has 0 bridgehead atoms. The van der Waals surface area contributed by atoms with Gasteiger partial charge in [-0.2, -0.15) is 0 Å². The van der Waals surface area contributed by atoms with Crippen LogP contribution in [0.15, 0.2) is 36.4 Å². The smallest absolute Gasteiger partial charge is 0.331 e. The monoisotopic (exact) mass is 358 g/mol. The van der Waals surface area contributed by atoms with Gasteiger partial charge in [0.2, 0.25) is 0 Å². The maximum Gasteiger partial charge on any atom is 0.331 e. The van der Waals surface area contributed by atoms with Crippen molar-refractivity contribution in [2.75, 3.05) is 6.61 Å². The van der Waals surface area contributed by atoms with Crippen LogP contribution in [0, 0.1) is 6.92 Å². The fourth-order valence-electron chi connectivity index (χ4n) is 2.88. The van der Waals surface area contributed by atoms with E-state index in [0.717, 1.165) is 43.4 Å². The van der Waals surface area contributed by atoms with E-state index in [1.54, 1.807) is 12.1 Å². The molecule has 0 saturated heterocycles. The number of carbonyl (C=O) groups excluding carboxylic acids is 3. The van der Waals surface area contributed by atoms with Gasteiger partial charge in [0.1, 0.15) is 6.10 Å². The second-order valence-corrected chi connectivity index (χ2v) is 6.63. The van der Waals surface area contributed by atoms with Crippen molar-refractivity contribution in [3.05, 3.63) is 47.5 Å². The number of Topliss-reactive ketones (excluding diaryl/α,β-unsaturated/α-hetero) is 1. The fraction of sp³-hybridized carbons (Fsp3) is 0.476.